The molecule has 3 aromatic rings. The van der Waals surface area contributed by atoms with Gasteiger partial charge in [0.25, 0.3) is 11.5 Å². The van der Waals surface area contributed by atoms with Crippen LogP contribution >= 0.6 is 11.3 Å². The van der Waals surface area contributed by atoms with Crippen molar-refractivity contribution < 1.29 is 14.7 Å². The predicted molar refractivity (Wildman–Crippen MR) is 114 cm³/mol. The van der Waals surface area contributed by atoms with Gasteiger partial charge < -0.3 is 10.4 Å². The number of fused-ring (bicyclic) bond motifs is 1. The summed E-state index contributed by atoms with van der Waals surface area (Å²) in [7, 11) is 0. The summed E-state index contributed by atoms with van der Waals surface area (Å²) in [6, 6.07) is 9.05. The number of carbonyl (C=O) groups is 2. The zero-order valence-electron chi connectivity index (χ0n) is 16.8. The van der Waals surface area contributed by atoms with Crippen molar-refractivity contribution in [3.8, 4) is 0 Å². The van der Waals surface area contributed by atoms with Crippen LogP contribution in [0.15, 0.2) is 35.1 Å². The van der Waals surface area contributed by atoms with Crippen molar-refractivity contribution in [1.29, 1.82) is 0 Å². The number of thiophene rings is 1. The molecule has 0 aliphatic rings. The molecule has 0 saturated carbocycles. The normalized spacial score (nSPS) is 11.6. The van der Waals surface area contributed by atoms with Crippen LogP contribution in [0, 0.1) is 6.92 Å². The zero-order valence-corrected chi connectivity index (χ0v) is 17.6. The van der Waals surface area contributed by atoms with E-state index in [9.17, 15) is 19.5 Å². The number of hydrogen-bond acceptors (Lipinski definition) is 5. The van der Waals surface area contributed by atoms with Crippen molar-refractivity contribution in [1.82, 2.24) is 9.55 Å². The predicted octanol–water partition coefficient (Wildman–Crippen LogP) is 3.79. The van der Waals surface area contributed by atoms with Gasteiger partial charge in [0.05, 0.1) is 10.3 Å². The van der Waals surface area contributed by atoms with E-state index in [4.69, 9.17) is 0 Å². The number of aromatic nitrogens is 2. The largest absolute Gasteiger partial charge is 0.480 e. The van der Waals surface area contributed by atoms with Gasteiger partial charge in [0.1, 0.15) is 16.2 Å². The molecule has 0 radical (unpaired) electrons. The second-order valence-electron chi connectivity index (χ2n) is 7.34. The molecule has 0 unspecified atom stereocenters. The van der Waals surface area contributed by atoms with Crippen LogP contribution in [-0.4, -0.2) is 26.5 Å². The Bertz CT molecular complexity index is 1150. The van der Waals surface area contributed by atoms with Crippen LogP contribution in [0.3, 0.4) is 0 Å². The van der Waals surface area contributed by atoms with Gasteiger partial charge in [-0.2, -0.15) is 0 Å². The monoisotopic (exact) mass is 413 g/mol. The average Bonchev–Trinajstić information content (AvgIpc) is 2.99. The Labute approximate surface area is 172 Å². The zero-order chi connectivity index (χ0) is 21.3. The first-order valence-corrected chi connectivity index (χ1v) is 10.2. The van der Waals surface area contributed by atoms with E-state index in [-0.39, 0.29) is 5.91 Å². The molecule has 152 valence electrons. The number of aliphatic carboxylic acids is 1. The van der Waals surface area contributed by atoms with Crippen LogP contribution in [0.1, 0.15) is 48.3 Å². The minimum atomic E-state index is -1.45. The summed E-state index contributed by atoms with van der Waals surface area (Å²) in [6.07, 6.45) is 1.17. The fourth-order valence-electron chi connectivity index (χ4n) is 3.21. The summed E-state index contributed by atoms with van der Waals surface area (Å²) in [5.41, 5.74) is -0.727. The molecule has 8 heteroatoms. The quantitative estimate of drug-likeness (QED) is 0.640. The van der Waals surface area contributed by atoms with Crippen LogP contribution in [0.5, 0.6) is 0 Å². The molecule has 29 heavy (non-hydrogen) atoms. The highest BCUT2D eigenvalue weighted by Gasteiger charge is 2.34. The Morgan fingerprint density at radius 2 is 1.90 bits per heavy atom. The number of carboxylic acids is 1. The van der Waals surface area contributed by atoms with E-state index in [2.05, 4.69) is 10.3 Å². The van der Waals surface area contributed by atoms with Crippen molar-refractivity contribution in [3.05, 3.63) is 57.0 Å². The van der Waals surface area contributed by atoms with Crippen molar-refractivity contribution in [2.45, 2.75) is 46.1 Å². The fraction of sp³-hybridized carbons (Fsp3) is 0.333. The molecule has 2 heterocycles. The molecule has 0 atom stereocenters. The highest BCUT2D eigenvalue weighted by atomic mass is 32.1. The van der Waals surface area contributed by atoms with Crippen LogP contribution in [0.4, 0.5) is 5.69 Å². The molecule has 0 fully saturated rings. The van der Waals surface area contributed by atoms with Crippen LogP contribution < -0.4 is 10.9 Å². The molecular formula is C21H23N3O4S. The van der Waals surface area contributed by atoms with Gasteiger partial charge in [0.2, 0.25) is 0 Å². The molecule has 0 bridgehead atoms. The average molecular weight is 413 g/mol. The Morgan fingerprint density at radius 3 is 2.48 bits per heavy atom. The molecule has 2 aromatic heterocycles. The van der Waals surface area contributed by atoms with Crippen LogP contribution in [-0.2, 0) is 16.8 Å². The summed E-state index contributed by atoms with van der Waals surface area (Å²) in [6.45, 7) is 6.59. The van der Waals surface area contributed by atoms with E-state index in [1.165, 1.54) is 18.4 Å². The molecular weight excluding hydrogens is 390 g/mol. The maximum atomic E-state index is 13.3. The number of hydrogen-bond donors (Lipinski definition) is 2. The van der Waals surface area contributed by atoms with E-state index >= 15 is 0 Å². The van der Waals surface area contributed by atoms with Gasteiger partial charge in [0.15, 0.2) is 0 Å². The van der Waals surface area contributed by atoms with Crippen molar-refractivity contribution in [2.75, 3.05) is 5.32 Å². The van der Waals surface area contributed by atoms with Gasteiger partial charge in [-0.3, -0.25) is 14.2 Å². The van der Waals surface area contributed by atoms with E-state index in [0.29, 0.717) is 45.0 Å². The number of carbonyl (C=O) groups excluding carboxylic acids is 1. The van der Waals surface area contributed by atoms with Crippen molar-refractivity contribution in [3.63, 3.8) is 0 Å². The number of nitrogens with zero attached hydrogens (tertiary/aromatic N) is 2. The van der Waals surface area contributed by atoms with Crippen molar-refractivity contribution >= 4 is 39.1 Å². The van der Waals surface area contributed by atoms with Gasteiger partial charge in [-0.25, -0.2) is 9.78 Å². The number of amides is 1. The number of aryl methyl sites for hydroxylation is 2. The number of rotatable bonds is 6. The van der Waals surface area contributed by atoms with Crippen LogP contribution in [0.25, 0.3) is 10.2 Å². The van der Waals surface area contributed by atoms with Crippen molar-refractivity contribution in [2.24, 2.45) is 0 Å². The number of carboxylic acid groups (broad SMARTS) is 1. The third-order valence-electron chi connectivity index (χ3n) is 4.83. The smallest absolute Gasteiger partial charge is 0.329 e. The lowest BCUT2D eigenvalue weighted by molar-refractivity contribution is -0.146. The number of para-hydroxylation sites is 1. The summed E-state index contributed by atoms with van der Waals surface area (Å²) in [5.74, 6) is -1.03. The third-order valence-corrected chi connectivity index (χ3v) is 6.01. The lowest BCUT2D eigenvalue weighted by atomic mass is 10.0. The summed E-state index contributed by atoms with van der Waals surface area (Å²) >= 11 is 1.15. The molecule has 0 aliphatic carbocycles. The highest BCUT2D eigenvalue weighted by Crippen LogP contribution is 2.30. The first kappa shape index (κ1) is 20.7. The molecule has 3 rings (SSSR count). The van der Waals surface area contributed by atoms with Gasteiger partial charge in [0, 0.05) is 12.1 Å². The highest BCUT2D eigenvalue weighted by molar-refractivity contribution is 7.20. The van der Waals surface area contributed by atoms with Gasteiger partial charge >= 0.3 is 5.97 Å². The lowest BCUT2D eigenvalue weighted by Gasteiger charge is -2.25. The lowest BCUT2D eigenvalue weighted by Crippen LogP contribution is -2.45. The maximum Gasteiger partial charge on any atom is 0.329 e. The minimum absolute atomic E-state index is 0.294. The van der Waals surface area contributed by atoms with E-state index in [0.717, 1.165) is 11.3 Å². The Balaban J connectivity index is 2.19. The maximum absolute atomic E-state index is 13.3. The van der Waals surface area contributed by atoms with Gasteiger partial charge in [-0.15, -0.1) is 11.3 Å². The van der Waals surface area contributed by atoms with Crippen LogP contribution in [0.2, 0.25) is 0 Å². The molecule has 1 aromatic carbocycles. The molecule has 1 amide bonds. The number of benzene rings is 1. The van der Waals surface area contributed by atoms with E-state index < -0.39 is 17.1 Å². The van der Waals surface area contributed by atoms with Gasteiger partial charge in [-0.1, -0.05) is 25.1 Å². The van der Waals surface area contributed by atoms with Gasteiger partial charge in [-0.05, 0) is 44.9 Å². The van der Waals surface area contributed by atoms with E-state index in [1.807, 2.05) is 25.1 Å². The minimum Gasteiger partial charge on any atom is -0.480 e. The fourth-order valence-corrected chi connectivity index (χ4v) is 4.30. The second kappa shape index (κ2) is 7.79. The molecule has 2 N–H and O–H groups in total. The SMILES string of the molecule is CCCc1nc2sc(C(=O)Nc3ccccc3)c(C)c2c(=O)n1C(C)(C)C(=O)O. The molecule has 0 saturated heterocycles. The molecule has 0 aliphatic heterocycles. The number of anilines is 1. The molecule has 7 nitrogen and oxygen atoms in total. The Hall–Kier alpha value is -3.00. The first-order chi connectivity index (χ1) is 13.7. The third kappa shape index (κ3) is 3.67. The summed E-state index contributed by atoms with van der Waals surface area (Å²) in [4.78, 5) is 43.4. The van der Waals surface area contributed by atoms with E-state index in [1.54, 1.807) is 19.1 Å². The second-order valence-corrected chi connectivity index (χ2v) is 8.34. The topological polar surface area (TPSA) is 101 Å². The summed E-state index contributed by atoms with van der Waals surface area (Å²) in [5, 5.41) is 12.8. The standard InChI is InChI=1S/C21H23N3O4S/c1-5-9-14-23-18-15(19(26)24(14)21(3,4)20(27)28)12(2)16(29-18)17(25)22-13-10-7-6-8-11-13/h6-8,10-11H,5,9H2,1-4H3,(H,22,25)(H,27,28). The first-order valence-electron chi connectivity index (χ1n) is 9.33. The Morgan fingerprint density at radius 1 is 1.24 bits per heavy atom. The number of nitrogens with one attached hydrogen (secondary N) is 1. The molecule has 0 spiro atoms. The summed E-state index contributed by atoms with van der Waals surface area (Å²) < 4.78 is 1.25. The Kier molecular flexibility index (Phi) is 5.57.